The van der Waals surface area contributed by atoms with Crippen molar-refractivity contribution < 1.29 is 28.6 Å². The highest BCUT2D eigenvalue weighted by atomic mass is 32.1. The van der Waals surface area contributed by atoms with Crippen LogP contribution in [0.1, 0.15) is 42.7 Å². The van der Waals surface area contributed by atoms with Gasteiger partial charge in [-0.05, 0) is 31.2 Å². The maximum absolute atomic E-state index is 13.2. The maximum Gasteiger partial charge on any atom is 0.357 e. The summed E-state index contributed by atoms with van der Waals surface area (Å²) in [5.74, 6) is -0.805. The van der Waals surface area contributed by atoms with Gasteiger partial charge in [0.25, 0.3) is 0 Å². The van der Waals surface area contributed by atoms with E-state index in [2.05, 4.69) is 20.6 Å². The van der Waals surface area contributed by atoms with E-state index in [4.69, 9.17) is 14.3 Å². The van der Waals surface area contributed by atoms with E-state index in [1.165, 1.54) is 24.6 Å². The number of anilines is 2. The third-order valence-corrected chi connectivity index (χ3v) is 5.80. The average Bonchev–Trinajstić information content (AvgIpc) is 3.49. The van der Waals surface area contributed by atoms with E-state index in [0.717, 1.165) is 11.8 Å². The van der Waals surface area contributed by atoms with Crippen LogP contribution in [0.5, 0.6) is 5.75 Å². The number of nitrogens with one attached hydrogen (secondary N) is 2. The van der Waals surface area contributed by atoms with Crippen LogP contribution in [0.4, 0.5) is 15.6 Å². The van der Waals surface area contributed by atoms with Crippen molar-refractivity contribution in [2.24, 2.45) is 0 Å². The van der Waals surface area contributed by atoms with Gasteiger partial charge >= 0.3 is 12.0 Å². The van der Waals surface area contributed by atoms with Gasteiger partial charge in [0.05, 0.1) is 24.8 Å². The molecule has 2 aromatic heterocycles. The quantitative estimate of drug-likeness (QED) is 0.303. The van der Waals surface area contributed by atoms with Gasteiger partial charge in [-0.1, -0.05) is 23.8 Å². The minimum Gasteiger partial charge on any atom is -0.496 e. The topological polar surface area (TPSA) is 144 Å². The van der Waals surface area contributed by atoms with E-state index < -0.39 is 12.0 Å². The second kappa shape index (κ2) is 10.2. The van der Waals surface area contributed by atoms with Crippen LogP contribution in [-0.4, -0.2) is 40.0 Å². The first kappa shape index (κ1) is 23.6. The Hall–Kier alpha value is -4.51. The molecule has 0 aliphatic heterocycles. The zero-order valence-electron chi connectivity index (χ0n) is 18.7. The van der Waals surface area contributed by atoms with E-state index >= 15 is 0 Å². The number of aryl methyl sites for hydroxylation is 1. The Balaban J connectivity index is 1.47. The molecule has 0 atom stereocenters. The molecule has 178 valence electrons. The highest BCUT2D eigenvalue weighted by molar-refractivity contribution is 7.15. The number of carboxylic acid groups (broad SMARTS) is 1. The van der Waals surface area contributed by atoms with Gasteiger partial charge in [0.15, 0.2) is 22.5 Å². The highest BCUT2D eigenvalue weighted by Crippen LogP contribution is 2.27. The monoisotopic (exact) mass is 492 g/mol. The first-order valence-electron chi connectivity index (χ1n) is 10.3. The Labute approximate surface area is 203 Å². The van der Waals surface area contributed by atoms with Crippen molar-refractivity contribution in [1.29, 1.82) is 0 Å². The summed E-state index contributed by atoms with van der Waals surface area (Å²) in [6, 6.07) is 11.5. The number of benzene rings is 2. The van der Waals surface area contributed by atoms with E-state index in [1.807, 2.05) is 6.92 Å². The van der Waals surface area contributed by atoms with Crippen LogP contribution in [0.2, 0.25) is 0 Å². The molecular weight excluding hydrogens is 472 g/mol. The Morgan fingerprint density at radius 3 is 2.66 bits per heavy atom. The molecule has 0 radical (unpaired) electrons. The lowest BCUT2D eigenvalue weighted by Crippen LogP contribution is -2.21. The standard InChI is InChI=1S/C24H20N4O6S/c1-13-7-8-17(16(9-13)21(29)15-5-3-4-6-19(15)33-2)27-23(32)28-24-25-11-14(35-24)10-20-26-18(12-34-20)22(30)31/h3-9,11-12H,10H2,1-2H3,(H,30,31)(H2,25,27,28,32). The number of carbonyl (C=O) groups excluding carboxylic acids is 2. The SMILES string of the molecule is COc1ccccc1C(=O)c1cc(C)ccc1NC(=O)Nc1ncc(Cc2nc(C(=O)O)co2)s1. The number of hydrogen-bond acceptors (Lipinski definition) is 8. The Kier molecular flexibility index (Phi) is 6.88. The van der Waals surface area contributed by atoms with Gasteiger partial charge < -0.3 is 19.6 Å². The van der Waals surface area contributed by atoms with Crippen molar-refractivity contribution in [2.45, 2.75) is 13.3 Å². The zero-order chi connectivity index (χ0) is 24.9. The van der Waals surface area contributed by atoms with E-state index in [-0.39, 0.29) is 23.8 Å². The van der Waals surface area contributed by atoms with Crippen LogP contribution in [-0.2, 0) is 6.42 Å². The molecule has 4 aromatic rings. The van der Waals surface area contributed by atoms with Gasteiger partial charge in [-0.25, -0.2) is 19.6 Å². The summed E-state index contributed by atoms with van der Waals surface area (Å²) < 4.78 is 10.5. The van der Waals surface area contributed by atoms with Crippen LogP contribution in [0.15, 0.2) is 59.3 Å². The van der Waals surface area contributed by atoms with Gasteiger partial charge in [-0.15, -0.1) is 11.3 Å². The van der Waals surface area contributed by atoms with Crippen molar-refractivity contribution in [3.8, 4) is 5.75 Å². The highest BCUT2D eigenvalue weighted by Gasteiger charge is 2.19. The number of aromatic carboxylic acids is 1. The smallest absolute Gasteiger partial charge is 0.357 e. The molecule has 11 heteroatoms. The van der Waals surface area contributed by atoms with Gasteiger partial charge in [-0.2, -0.15) is 0 Å². The van der Waals surface area contributed by atoms with Crippen molar-refractivity contribution in [3.63, 3.8) is 0 Å². The number of nitrogens with zero attached hydrogens (tertiary/aromatic N) is 2. The van der Waals surface area contributed by atoms with Gasteiger partial charge in [0.2, 0.25) is 0 Å². The molecule has 2 aromatic carbocycles. The number of amides is 2. The fourth-order valence-electron chi connectivity index (χ4n) is 3.27. The summed E-state index contributed by atoms with van der Waals surface area (Å²) in [7, 11) is 1.49. The number of urea groups is 1. The summed E-state index contributed by atoms with van der Waals surface area (Å²) in [6.07, 6.45) is 2.83. The summed E-state index contributed by atoms with van der Waals surface area (Å²) in [5.41, 5.74) is 1.71. The summed E-state index contributed by atoms with van der Waals surface area (Å²) in [6.45, 7) is 1.85. The molecule has 0 fully saturated rings. The third kappa shape index (κ3) is 5.53. The molecule has 3 N–H and O–H groups in total. The molecule has 4 rings (SSSR count). The molecule has 0 saturated heterocycles. The molecule has 0 saturated carbocycles. The van der Waals surface area contributed by atoms with E-state index in [1.54, 1.807) is 42.5 Å². The number of ether oxygens (including phenoxy) is 1. The Bertz CT molecular complexity index is 1410. The van der Waals surface area contributed by atoms with Gasteiger partial charge in [-0.3, -0.25) is 10.1 Å². The molecule has 2 amide bonds. The molecule has 2 heterocycles. The molecule has 0 bridgehead atoms. The number of methoxy groups -OCH3 is 1. The second-order valence-corrected chi connectivity index (χ2v) is 8.51. The number of aromatic nitrogens is 2. The van der Waals surface area contributed by atoms with E-state index in [9.17, 15) is 14.4 Å². The first-order chi connectivity index (χ1) is 16.8. The fraction of sp³-hybridized carbons (Fsp3) is 0.125. The van der Waals surface area contributed by atoms with Crippen LogP contribution >= 0.6 is 11.3 Å². The number of para-hydroxylation sites is 1. The van der Waals surface area contributed by atoms with Crippen molar-refractivity contribution in [2.75, 3.05) is 17.7 Å². The maximum atomic E-state index is 13.2. The molecule has 0 aliphatic rings. The summed E-state index contributed by atoms with van der Waals surface area (Å²) in [4.78, 5) is 45.6. The van der Waals surface area contributed by atoms with Gasteiger partial charge in [0.1, 0.15) is 12.0 Å². The lowest BCUT2D eigenvalue weighted by molar-refractivity contribution is 0.0690. The lowest BCUT2D eigenvalue weighted by Gasteiger charge is -2.13. The van der Waals surface area contributed by atoms with Crippen molar-refractivity contribution >= 4 is 39.9 Å². The van der Waals surface area contributed by atoms with E-state index in [0.29, 0.717) is 32.6 Å². The first-order valence-corrected chi connectivity index (χ1v) is 11.1. The van der Waals surface area contributed by atoms with Crippen LogP contribution < -0.4 is 15.4 Å². The van der Waals surface area contributed by atoms with Gasteiger partial charge in [0, 0.05) is 16.6 Å². The average molecular weight is 493 g/mol. The Morgan fingerprint density at radius 1 is 1.11 bits per heavy atom. The summed E-state index contributed by atoms with van der Waals surface area (Å²) in [5, 5.41) is 14.6. The fourth-order valence-corrected chi connectivity index (χ4v) is 4.07. The number of thiazole rings is 1. The number of carboxylic acids is 1. The normalized spacial score (nSPS) is 10.6. The second-order valence-electron chi connectivity index (χ2n) is 7.40. The largest absolute Gasteiger partial charge is 0.496 e. The van der Waals surface area contributed by atoms with Crippen LogP contribution in [0, 0.1) is 6.92 Å². The lowest BCUT2D eigenvalue weighted by atomic mass is 9.99. The molecule has 0 spiro atoms. The molecule has 35 heavy (non-hydrogen) atoms. The Morgan fingerprint density at radius 2 is 1.91 bits per heavy atom. The predicted octanol–water partition coefficient (Wildman–Crippen LogP) is 4.61. The third-order valence-electron chi connectivity index (χ3n) is 4.89. The predicted molar refractivity (Wildman–Crippen MR) is 129 cm³/mol. The molecule has 0 unspecified atom stereocenters. The van der Waals surface area contributed by atoms with Crippen molar-refractivity contribution in [3.05, 3.63) is 88.1 Å². The van der Waals surface area contributed by atoms with Crippen molar-refractivity contribution in [1.82, 2.24) is 9.97 Å². The number of rotatable bonds is 8. The number of carbonyl (C=O) groups is 3. The minimum atomic E-state index is -1.18. The number of ketones is 1. The van der Waals surface area contributed by atoms with Crippen LogP contribution in [0.3, 0.4) is 0 Å². The zero-order valence-corrected chi connectivity index (χ0v) is 19.5. The number of oxazole rings is 1. The molecule has 0 aliphatic carbocycles. The minimum absolute atomic E-state index is 0.182. The summed E-state index contributed by atoms with van der Waals surface area (Å²) >= 11 is 1.19. The van der Waals surface area contributed by atoms with Crippen LogP contribution in [0.25, 0.3) is 0 Å². The molecular formula is C24H20N4O6S. The molecule has 10 nitrogen and oxygen atoms in total. The number of hydrogen-bond donors (Lipinski definition) is 3.